The Balaban J connectivity index is 2.11. The maximum Gasteiger partial charge on any atom is 0.404 e. The monoisotopic (exact) mass is 258 g/mol. The minimum absolute atomic E-state index is 0.00924. The lowest BCUT2D eigenvalue weighted by molar-refractivity contribution is -0.146. The average Bonchev–Trinajstić information content (AvgIpc) is 2.23. The van der Waals surface area contributed by atoms with Crippen LogP contribution in [0.3, 0.4) is 0 Å². The number of nitrogens with two attached hydrogens (primary N) is 1. The number of hydrogen-bond donors (Lipinski definition) is 2. The molecule has 0 aromatic carbocycles. The standard InChI is InChI=1S/C9H10N2O5S/c10-9(15)16-3-4-1-5(8(13)14)11-6(12)2-7(11)17-4/h1,4,7H,2-3H2,(H2,10,15)(H,13,14)/t4?,7-/m1/s1. The first kappa shape index (κ1) is 11.8. The van der Waals surface area contributed by atoms with Crippen LogP contribution >= 0.6 is 11.8 Å². The zero-order chi connectivity index (χ0) is 12.6. The van der Waals surface area contributed by atoms with Crippen LogP contribution in [-0.4, -0.2) is 45.2 Å². The zero-order valence-corrected chi connectivity index (χ0v) is 9.48. The number of rotatable bonds is 3. The SMILES string of the molecule is NC(=O)OCC1C=C(C(=O)O)N2C(=O)C[C@H]2S1. The summed E-state index contributed by atoms with van der Waals surface area (Å²) < 4.78 is 4.62. The van der Waals surface area contributed by atoms with Crippen LogP contribution in [0.5, 0.6) is 0 Å². The molecular formula is C9H10N2O5S. The number of hydrogen-bond acceptors (Lipinski definition) is 5. The number of aliphatic carboxylic acids is 1. The molecule has 7 nitrogen and oxygen atoms in total. The first-order chi connectivity index (χ1) is 7.99. The van der Waals surface area contributed by atoms with Crippen molar-refractivity contribution in [3.63, 3.8) is 0 Å². The van der Waals surface area contributed by atoms with Crippen molar-refractivity contribution in [1.29, 1.82) is 0 Å². The summed E-state index contributed by atoms with van der Waals surface area (Å²) in [6.07, 6.45) is 0.814. The summed E-state index contributed by atoms with van der Waals surface area (Å²) in [6.45, 7) is 0.00924. The van der Waals surface area contributed by atoms with Crippen molar-refractivity contribution in [1.82, 2.24) is 4.90 Å². The van der Waals surface area contributed by atoms with Gasteiger partial charge < -0.3 is 15.6 Å². The lowest BCUT2D eigenvalue weighted by Crippen LogP contribution is -2.54. The molecule has 0 aromatic heterocycles. The van der Waals surface area contributed by atoms with Gasteiger partial charge >= 0.3 is 12.1 Å². The number of fused-ring (bicyclic) bond motifs is 1. The summed E-state index contributed by atoms with van der Waals surface area (Å²) in [5.74, 6) is -1.36. The maximum atomic E-state index is 11.3. The van der Waals surface area contributed by atoms with Crippen LogP contribution in [0, 0.1) is 0 Å². The van der Waals surface area contributed by atoms with E-state index in [0.717, 1.165) is 0 Å². The number of carboxylic acid groups (broad SMARTS) is 1. The van der Waals surface area contributed by atoms with Gasteiger partial charge in [0, 0.05) is 0 Å². The molecule has 2 amide bonds. The summed E-state index contributed by atoms with van der Waals surface area (Å²) in [5, 5.41) is 8.50. The smallest absolute Gasteiger partial charge is 0.404 e. The number of carboxylic acids is 1. The molecule has 2 heterocycles. The number of amides is 2. The minimum atomic E-state index is -1.16. The second-order valence-corrected chi connectivity index (χ2v) is 5.01. The van der Waals surface area contributed by atoms with E-state index in [0.29, 0.717) is 6.42 Å². The first-order valence-electron chi connectivity index (χ1n) is 4.84. The number of carbonyl (C=O) groups excluding carboxylic acids is 2. The van der Waals surface area contributed by atoms with Crippen LogP contribution in [-0.2, 0) is 14.3 Å². The lowest BCUT2D eigenvalue weighted by Gasteiger charge is -2.44. The molecule has 17 heavy (non-hydrogen) atoms. The lowest BCUT2D eigenvalue weighted by atomic mass is 10.1. The number of carbonyl (C=O) groups is 3. The largest absolute Gasteiger partial charge is 0.477 e. The second-order valence-electron chi connectivity index (χ2n) is 3.58. The van der Waals surface area contributed by atoms with Crippen LogP contribution in [0.1, 0.15) is 6.42 Å². The molecule has 2 aliphatic heterocycles. The number of primary amides is 1. The van der Waals surface area contributed by atoms with Gasteiger partial charge in [0.25, 0.3) is 0 Å². The quantitative estimate of drug-likeness (QED) is 0.674. The van der Waals surface area contributed by atoms with E-state index in [9.17, 15) is 14.4 Å². The van der Waals surface area contributed by atoms with Crippen LogP contribution in [0.4, 0.5) is 4.79 Å². The van der Waals surface area contributed by atoms with Crippen molar-refractivity contribution in [2.75, 3.05) is 6.61 Å². The van der Waals surface area contributed by atoms with Crippen molar-refractivity contribution < 1.29 is 24.2 Å². The van der Waals surface area contributed by atoms with Crippen LogP contribution in [0.2, 0.25) is 0 Å². The fourth-order valence-electron chi connectivity index (χ4n) is 1.71. The summed E-state index contributed by atoms with van der Waals surface area (Å²) in [4.78, 5) is 33.9. The fraction of sp³-hybridized carbons (Fsp3) is 0.444. The topological polar surface area (TPSA) is 110 Å². The molecule has 1 fully saturated rings. The van der Waals surface area contributed by atoms with Crippen LogP contribution in [0.25, 0.3) is 0 Å². The van der Waals surface area contributed by atoms with Gasteiger partial charge in [-0.15, -0.1) is 11.8 Å². The summed E-state index contributed by atoms with van der Waals surface area (Å²) >= 11 is 1.38. The van der Waals surface area contributed by atoms with Gasteiger partial charge in [-0.2, -0.15) is 0 Å². The Kier molecular flexibility index (Phi) is 2.97. The summed E-state index contributed by atoms with van der Waals surface area (Å²) in [7, 11) is 0. The van der Waals surface area contributed by atoms with Crippen molar-refractivity contribution in [3.05, 3.63) is 11.8 Å². The van der Waals surface area contributed by atoms with E-state index in [4.69, 9.17) is 10.8 Å². The highest BCUT2D eigenvalue weighted by Gasteiger charge is 2.45. The van der Waals surface area contributed by atoms with Crippen LogP contribution < -0.4 is 5.73 Å². The Bertz CT molecular complexity index is 422. The molecule has 0 spiro atoms. The molecule has 2 atom stereocenters. The van der Waals surface area contributed by atoms with Crippen LogP contribution in [0.15, 0.2) is 11.8 Å². The number of nitrogens with zero attached hydrogens (tertiary/aromatic N) is 1. The number of thioether (sulfide) groups is 1. The van der Waals surface area contributed by atoms with Gasteiger partial charge in [-0.1, -0.05) is 0 Å². The average molecular weight is 258 g/mol. The van der Waals surface area contributed by atoms with E-state index < -0.39 is 12.1 Å². The Hall–Kier alpha value is -1.70. The summed E-state index contributed by atoms with van der Waals surface area (Å²) in [6, 6.07) is 0. The Labute approximate surface area is 101 Å². The number of β-lactam (4-membered cyclic amide) rings is 1. The second kappa shape index (κ2) is 4.28. The molecular weight excluding hydrogens is 248 g/mol. The highest BCUT2D eigenvalue weighted by Crippen LogP contribution is 2.40. The van der Waals surface area contributed by atoms with Crippen molar-refractivity contribution in [2.24, 2.45) is 5.73 Å². The van der Waals surface area contributed by atoms with Gasteiger partial charge in [0.05, 0.1) is 17.0 Å². The minimum Gasteiger partial charge on any atom is -0.477 e. The molecule has 2 rings (SSSR count). The van der Waals surface area contributed by atoms with Gasteiger partial charge in [0.15, 0.2) is 0 Å². The molecule has 92 valence electrons. The molecule has 8 heteroatoms. The molecule has 0 aliphatic carbocycles. The van der Waals surface area contributed by atoms with Crippen molar-refractivity contribution >= 4 is 29.7 Å². The van der Waals surface area contributed by atoms with E-state index in [1.54, 1.807) is 0 Å². The van der Waals surface area contributed by atoms with E-state index in [-0.39, 0.29) is 28.8 Å². The highest BCUT2D eigenvalue weighted by molar-refractivity contribution is 8.00. The zero-order valence-electron chi connectivity index (χ0n) is 8.66. The summed E-state index contributed by atoms with van der Waals surface area (Å²) in [5.41, 5.74) is 4.78. The van der Waals surface area contributed by atoms with Gasteiger partial charge in [0.1, 0.15) is 12.3 Å². The predicted molar refractivity (Wildman–Crippen MR) is 57.9 cm³/mol. The maximum absolute atomic E-state index is 11.3. The molecule has 0 saturated carbocycles. The highest BCUT2D eigenvalue weighted by atomic mass is 32.2. The molecule has 1 unspecified atom stereocenters. The third kappa shape index (κ3) is 2.21. The van der Waals surface area contributed by atoms with E-state index in [1.807, 2.05) is 0 Å². The molecule has 3 N–H and O–H groups in total. The van der Waals surface area contributed by atoms with Gasteiger partial charge in [-0.05, 0) is 6.08 Å². The number of ether oxygens (including phenoxy) is 1. The van der Waals surface area contributed by atoms with E-state index in [1.165, 1.54) is 22.7 Å². The third-order valence-corrected chi connectivity index (χ3v) is 3.76. The Morgan fingerprint density at radius 3 is 2.88 bits per heavy atom. The van der Waals surface area contributed by atoms with Crippen molar-refractivity contribution in [2.45, 2.75) is 17.0 Å². The van der Waals surface area contributed by atoms with E-state index in [2.05, 4.69) is 4.74 Å². The van der Waals surface area contributed by atoms with Gasteiger partial charge in [-0.25, -0.2) is 9.59 Å². The Morgan fingerprint density at radius 2 is 2.35 bits per heavy atom. The normalized spacial score (nSPS) is 26.7. The Morgan fingerprint density at radius 1 is 1.65 bits per heavy atom. The molecule has 1 saturated heterocycles. The van der Waals surface area contributed by atoms with E-state index >= 15 is 0 Å². The predicted octanol–water partition coefficient (Wildman–Crippen LogP) is -0.276. The molecule has 0 aromatic rings. The van der Waals surface area contributed by atoms with Crippen molar-refractivity contribution in [3.8, 4) is 0 Å². The van der Waals surface area contributed by atoms with Gasteiger partial charge in [0.2, 0.25) is 5.91 Å². The first-order valence-corrected chi connectivity index (χ1v) is 5.78. The molecule has 0 radical (unpaired) electrons. The third-order valence-electron chi connectivity index (χ3n) is 2.45. The molecule has 2 aliphatic rings. The molecule has 0 bridgehead atoms. The fourth-order valence-corrected chi connectivity index (χ4v) is 3.06. The van der Waals surface area contributed by atoms with Gasteiger partial charge in [-0.3, -0.25) is 9.69 Å².